The first kappa shape index (κ1) is 15.6. The fourth-order valence-electron chi connectivity index (χ4n) is 2.61. The molecule has 0 amide bonds. The summed E-state index contributed by atoms with van der Waals surface area (Å²) in [7, 11) is 0. The number of halogens is 1. The SMILES string of the molecule is CCCNc1ccc(Cl)c(COCC2CCCCC2)n1. The Hall–Kier alpha value is -0.800. The van der Waals surface area contributed by atoms with Crippen molar-refractivity contribution in [2.45, 2.75) is 52.1 Å². The van der Waals surface area contributed by atoms with Crippen LogP contribution in [0.5, 0.6) is 0 Å². The molecule has 20 heavy (non-hydrogen) atoms. The number of anilines is 1. The smallest absolute Gasteiger partial charge is 0.126 e. The monoisotopic (exact) mass is 296 g/mol. The van der Waals surface area contributed by atoms with E-state index in [4.69, 9.17) is 16.3 Å². The zero-order chi connectivity index (χ0) is 14.2. The highest BCUT2D eigenvalue weighted by atomic mass is 35.5. The van der Waals surface area contributed by atoms with E-state index in [2.05, 4.69) is 17.2 Å². The summed E-state index contributed by atoms with van der Waals surface area (Å²) in [4.78, 5) is 4.52. The molecule has 1 aromatic heterocycles. The summed E-state index contributed by atoms with van der Waals surface area (Å²) >= 11 is 6.18. The summed E-state index contributed by atoms with van der Waals surface area (Å²) in [6.45, 7) is 4.41. The van der Waals surface area contributed by atoms with Gasteiger partial charge in [0.15, 0.2) is 0 Å². The van der Waals surface area contributed by atoms with Crippen molar-refractivity contribution in [1.82, 2.24) is 4.98 Å². The molecule has 1 aliphatic carbocycles. The van der Waals surface area contributed by atoms with Gasteiger partial charge in [-0.15, -0.1) is 0 Å². The van der Waals surface area contributed by atoms with Crippen molar-refractivity contribution in [3.05, 3.63) is 22.8 Å². The lowest BCUT2D eigenvalue weighted by Gasteiger charge is -2.21. The Kier molecular flexibility index (Phi) is 6.61. The van der Waals surface area contributed by atoms with E-state index < -0.39 is 0 Å². The average molecular weight is 297 g/mol. The highest BCUT2D eigenvalue weighted by molar-refractivity contribution is 6.31. The van der Waals surface area contributed by atoms with E-state index in [1.54, 1.807) is 0 Å². The molecule has 0 spiro atoms. The first-order valence-electron chi connectivity index (χ1n) is 7.76. The standard InChI is InChI=1S/C16H25ClN2O/c1-2-10-18-16-9-8-14(17)15(19-16)12-20-11-13-6-4-3-5-7-13/h8-9,13H,2-7,10-12H2,1H3,(H,18,19). The van der Waals surface area contributed by atoms with Crippen LogP contribution in [0, 0.1) is 5.92 Å². The van der Waals surface area contributed by atoms with Gasteiger partial charge in [-0.3, -0.25) is 0 Å². The zero-order valence-electron chi connectivity index (χ0n) is 12.3. The molecule has 0 saturated heterocycles. The predicted molar refractivity (Wildman–Crippen MR) is 84.3 cm³/mol. The van der Waals surface area contributed by atoms with Crippen LogP contribution in [0.15, 0.2) is 12.1 Å². The third-order valence-corrected chi connectivity index (χ3v) is 4.14. The molecule has 0 unspecified atom stereocenters. The van der Waals surface area contributed by atoms with Crippen LogP contribution in [0.2, 0.25) is 5.02 Å². The molecule has 1 heterocycles. The van der Waals surface area contributed by atoms with E-state index in [9.17, 15) is 0 Å². The largest absolute Gasteiger partial charge is 0.375 e. The normalized spacial score (nSPS) is 16.3. The summed E-state index contributed by atoms with van der Waals surface area (Å²) in [5, 5.41) is 3.97. The predicted octanol–water partition coefficient (Wildman–Crippen LogP) is 4.65. The minimum atomic E-state index is 0.511. The maximum Gasteiger partial charge on any atom is 0.126 e. The summed E-state index contributed by atoms with van der Waals surface area (Å²) in [5.41, 5.74) is 0.837. The van der Waals surface area contributed by atoms with Gasteiger partial charge in [0.05, 0.1) is 17.3 Å². The van der Waals surface area contributed by atoms with E-state index in [1.165, 1.54) is 32.1 Å². The van der Waals surface area contributed by atoms with Gasteiger partial charge in [0.25, 0.3) is 0 Å². The molecule has 1 saturated carbocycles. The van der Waals surface area contributed by atoms with Crippen LogP contribution in [-0.2, 0) is 11.3 Å². The molecule has 1 aliphatic rings. The van der Waals surface area contributed by atoms with Crippen LogP contribution in [0.1, 0.15) is 51.1 Å². The summed E-state index contributed by atoms with van der Waals surface area (Å²) in [6, 6.07) is 3.81. The second-order valence-corrected chi connectivity index (χ2v) is 5.98. The molecule has 0 atom stereocenters. The first-order valence-corrected chi connectivity index (χ1v) is 8.14. The Bertz CT molecular complexity index is 405. The van der Waals surface area contributed by atoms with Gasteiger partial charge in [0, 0.05) is 13.2 Å². The van der Waals surface area contributed by atoms with Gasteiger partial charge in [-0.1, -0.05) is 37.8 Å². The minimum Gasteiger partial charge on any atom is -0.375 e. The van der Waals surface area contributed by atoms with E-state index in [-0.39, 0.29) is 0 Å². The van der Waals surface area contributed by atoms with Gasteiger partial charge in [0.1, 0.15) is 5.82 Å². The Labute approximate surface area is 127 Å². The second kappa shape index (κ2) is 8.48. The van der Waals surface area contributed by atoms with Gasteiger partial charge >= 0.3 is 0 Å². The fraction of sp³-hybridized carbons (Fsp3) is 0.688. The van der Waals surface area contributed by atoms with E-state index in [0.717, 1.165) is 37.0 Å². The molecule has 0 bridgehead atoms. The van der Waals surface area contributed by atoms with Crippen LogP contribution < -0.4 is 5.32 Å². The number of nitrogens with zero attached hydrogens (tertiary/aromatic N) is 1. The second-order valence-electron chi connectivity index (χ2n) is 5.57. The molecule has 1 aromatic rings. The van der Waals surface area contributed by atoms with Gasteiger partial charge in [0.2, 0.25) is 0 Å². The van der Waals surface area contributed by atoms with Crippen molar-refractivity contribution in [2.75, 3.05) is 18.5 Å². The van der Waals surface area contributed by atoms with Crippen molar-refractivity contribution >= 4 is 17.4 Å². The summed E-state index contributed by atoms with van der Waals surface area (Å²) in [6.07, 6.45) is 7.78. The van der Waals surface area contributed by atoms with E-state index >= 15 is 0 Å². The molecular formula is C16H25ClN2O. The van der Waals surface area contributed by atoms with Crippen LogP contribution >= 0.6 is 11.6 Å². The minimum absolute atomic E-state index is 0.511. The van der Waals surface area contributed by atoms with Crippen molar-refractivity contribution in [3.63, 3.8) is 0 Å². The number of ether oxygens (including phenoxy) is 1. The van der Waals surface area contributed by atoms with Gasteiger partial charge in [-0.25, -0.2) is 4.98 Å². The van der Waals surface area contributed by atoms with Crippen LogP contribution in [0.3, 0.4) is 0 Å². The van der Waals surface area contributed by atoms with Crippen molar-refractivity contribution in [1.29, 1.82) is 0 Å². The lowest BCUT2D eigenvalue weighted by Crippen LogP contribution is -2.13. The van der Waals surface area contributed by atoms with Gasteiger partial charge in [-0.05, 0) is 37.3 Å². The Morgan fingerprint density at radius 2 is 2.10 bits per heavy atom. The molecule has 1 fully saturated rings. The highest BCUT2D eigenvalue weighted by Gasteiger charge is 2.14. The quantitative estimate of drug-likeness (QED) is 0.795. The molecule has 3 nitrogen and oxygen atoms in total. The van der Waals surface area contributed by atoms with Crippen molar-refractivity contribution < 1.29 is 4.74 Å². The molecule has 0 aromatic carbocycles. The zero-order valence-corrected chi connectivity index (χ0v) is 13.1. The topological polar surface area (TPSA) is 34.1 Å². The average Bonchev–Trinajstić information content (AvgIpc) is 2.49. The van der Waals surface area contributed by atoms with Crippen LogP contribution in [0.25, 0.3) is 0 Å². The maximum atomic E-state index is 6.18. The van der Waals surface area contributed by atoms with E-state index in [1.807, 2.05) is 12.1 Å². The highest BCUT2D eigenvalue weighted by Crippen LogP contribution is 2.24. The fourth-order valence-corrected chi connectivity index (χ4v) is 2.77. The number of aromatic nitrogens is 1. The lowest BCUT2D eigenvalue weighted by atomic mass is 9.90. The molecule has 2 rings (SSSR count). The number of hydrogen-bond acceptors (Lipinski definition) is 3. The number of nitrogens with one attached hydrogen (secondary N) is 1. The third kappa shape index (κ3) is 4.95. The molecule has 112 valence electrons. The first-order chi connectivity index (χ1) is 9.79. The van der Waals surface area contributed by atoms with E-state index in [0.29, 0.717) is 11.6 Å². The molecular weight excluding hydrogens is 272 g/mol. The molecule has 0 aliphatic heterocycles. The lowest BCUT2D eigenvalue weighted by molar-refractivity contribution is 0.0721. The van der Waals surface area contributed by atoms with Crippen LogP contribution in [-0.4, -0.2) is 18.1 Å². The molecule has 1 N–H and O–H groups in total. The Morgan fingerprint density at radius 3 is 2.85 bits per heavy atom. The summed E-state index contributed by atoms with van der Waals surface area (Å²) in [5.74, 6) is 1.61. The number of pyridine rings is 1. The number of rotatable bonds is 7. The van der Waals surface area contributed by atoms with Crippen molar-refractivity contribution in [2.24, 2.45) is 5.92 Å². The summed E-state index contributed by atoms with van der Waals surface area (Å²) < 4.78 is 5.82. The Balaban J connectivity index is 1.81. The van der Waals surface area contributed by atoms with Crippen molar-refractivity contribution in [3.8, 4) is 0 Å². The maximum absolute atomic E-state index is 6.18. The van der Waals surface area contributed by atoms with Crippen LogP contribution in [0.4, 0.5) is 5.82 Å². The number of hydrogen-bond donors (Lipinski definition) is 1. The third-order valence-electron chi connectivity index (χ3n) is 3.79. The molecule has 4 heteroatoms. The molecule has 0 radical (unpaired) electrons. The van der Waals surface area contributed by atoms with Gasteiger partial charge in [-0.2, -0.15) is 0 Å². The Morgan fingerprint density at radius 1 is 1.30 bits per heavy atom. The van der Waals surface area contributed by atoms with Gasteiger partial charge < -0.3 is 10.1 Å².